The highest BCUT2D eigenvalue weighted by Gasteiger charge is 2.52. The van der Waals surface area contributed by atoms with Crippen LogP contribution in [0.3, 0.4) is 0 Å². The number of amides is 1. The maximum absolute atomic E-state index is 13.1. The van der Waals surface area contributed by atoms with Crippen molar-refractivity contribution in [2.24, 2.45) is 0 Å². The second kappa shape index (κ2) is 5.54. The summed E-state index contributed by atoms with van der Waals surface area (Å²) >= 11 is 6.10. The van der Waals surface area contributed by atoms with Crippen molar-refractivity contribution in [2.45, 2.75) is 44.1 Å². The molecule has 22 heavy (non-hydrogen) atoms. The molecule has 0 N–H and O–H groups in total. The lowest BCUT2D eigenvalue weighted by Crippen LogP contribution is -2.54. The van der Waals surface area contributed by atoms with Gasteiger partial charge in [-0.1, -0.05) is 23.7 Å². The molecule has 3 rings (SSSR count). The lowest BCUT2D eigenvalue weighted by Gasteiger charge is -2.40. The van der Waals surface area contributed by atoms with Gasteiger partial charge < -0.3 is 9.80 Å². The fourth-order valence-corrected chi connectivity index (χ4v) is 3.53. The van der Waals surface area contributed by atoms with Crippen LogP contribution in [0.15, 0.2) is 24.3 Å². The standard InChI is InChI=1S/C18H25ClN2O/c1-17(2,14-6-4-7-15(19)12-14)16(22)20(3)18(8-9-18)13-21-10-5-11-21/h4,6-7,12H,5,8-11,13H2,1-3H3. The van der Waals surface area contributed by atoms with Gasteiger partial charge in [0.15, 0.2) is 0 Å². The molecule has 120 valence electrons. The first-order valence-corrected chi connectivity index (χ1v) is 8.50. The Morgan fingerprint density at radius 3 is 2.55 bits per heavy atom. The van der Waals surface area contributed by atoms with E-state index >= 15 is 0 Å². The zero-order valence-corrected chi connectivity index (χ0v) is 14.5. The topological polar surface area (TPSA) is 23.6 Å². The average Bonchev–Trinajstić information content (AvgIpc) is 3.22. The molecule has 1 aromatic carbocycles. The predicted molar refractivity (Wildman–Crippen MR) is 90.3 cm³/mol. The molecule has 1 saturated carbocycles. The van der Waals surface area contributed by atoms with Crippen molar-refractivity contribution in [3.63, 3.8) is 0 Å². The van der Waals surface area contributed by atoms with E-state index in [1.165, 1.54) is 19.5 Å². The van der Waals surface area contributed by atoms with Crippen LogP contribution in [-0.2, 0) is 10.2 Å². The Balaban J connectivity index is 1.77. The molecule has 0 bridgehead atoms. The van der Waals surface area contributed by atoms with Gasteiger partial charge in [0.05, 0.1) is 11.0 Å². The van der Waals surface area contributed by atoms with E-state index in [1.807, 2.05) is 50.1 Å². The zero-order valence-electron chi connectivity index (χ0n) is 13.7. The molecule has 2 fully saturated rings. The number of likely N-dealkylation sites (tertiary alicyclic amines) is 1. The van der Waals surface area contributed by atoms with Gasteiger partial charge in [-0.25, -0.2) is 0 Å². The summed E-state index contributed by atoms with van der Waals surface area (Å²) in [6, 6.07) is 7.66. The molecule has 1 aromatic rings. The molecule has 1 aliphatic carbocycles. The summed E-state index contributed by atoms with van der Waals surface area (Å²) in [5.74, 6) is 0.188. The number of hydrogen-bond acceptors (Lipinski definition) is 2. The van der Waals surface area contributed by atoms with E-state index in [9.17, 15) is 4.79 Å². The summed E-state index contributed by atoms with van der Waals surface area (Å²) in [7, 11) is 1.97. The highest BCUT2D eigenvalue weighted by Crippen LogP contribution is 2.44. The molecular weight excluding hydrogens is 296 g/mol. The molecule has 3 nitrogen and oxygen atoms in total. The molecule has 1 heterocycles. The van der Waals surface area contributed by atoms with Crippen LogP contribution in [0.5, 0.6) is 0 Å². The molecular formula is C18H25ClN2O. The number of hydrogen-bond donors (Lipinski definition) is 0. The quantitative estimate of drug-likeness (QED) is 0.831. The van der Waals surface area contributed by atoms with Gasteiger partial charge >= 0.3 is 0 Å². The Hall–Kier alpha value is -1.06. The normalized spacial score (nSPS) is 20.4. The highest BCUT2D eigenvalue weighted by molar-refractivity contribution is 6.30. The molecule has 0 unspecified atom stereocenters. The van der Waals surface area contributed by atoms with E-state index in [0.29, 0.717) is 5.02 Å². The maximum atomic E-state index is 13.1. The van der Waals surface area contributed by atoms with Crippen LogP contribution in [0.2, 0.25) is 5.02 Å². The SMILES string of the molecule is CN(C(=O)C(C)(C)c1cccc(Cl)c1)C1(CN2CCC2)CC1. The van der Waals surface area contributed by atoms with Gasteiger partial charge in [-0.2, -0.15) is 0 Å². The summed E-state index contributed by atoms with van der Waals surface area (Å²) < 4.78 is 0. The van der Waals surface area contributed by atoms with E-state index in [2.05, 4.69) is 4.90 Å². The molecule has 0 radical (unpaired) electrons. The Kier molecular flexibility index (Phi) is 3.98. The van der Waals surface area contributed by atoms with Gasteiger partial charge in [0.25, 0.3) is 0 Å². The van der Waals surface area contributed by atoms with Crippen molar-refractivity contribution >= 4 is 17.5 Å². The van der Waals surface area contributed by atoms with Crippen molar-refractivity contribution in [1.82, 2.24) is 9.80 Å². The van der Waals surface area contributed by atoms with Crippen LogP contribution in [0, 0.1) is 0 Å². The van der Waals surface area contributed by atoms with E-state index in [0.717, 1.165) is 24.9 Å². The highest BCUT2D eigenvalue weighted by atomic mass is 35.5. The van der Waals surface area contributed by atoms with Crippen LogP contribution in [0.1, 0.15) is 38.7 Å². The smallest absolute Gasteiger partial charge is 0.232 e. The van der Waals surface area contributed by atoms with Crippen molar-refractivity contribution in [3.8, 4) is 0 Å². The summed E-state index contributed by atoms with van der Waals surface area (Å²) in [5.41, 5.74) is 0.494. The largest absolute Gasteiger partial charge is 0.338 e. The average molecular weight is 321 g/mol. The van der Waals surface area contributed by atoms with Crippen LogP contribution in [0.4, 0.5) is 0 Å². The number of carbonyl (C=O) groups is 1. The summed E-state index contributed by atoms with van der Waals surface area (Å²) in [6.45, 7) is 7.39. The fourth-order valence-electron chi connectivity index (χ4n) is 3.34. The van der Waals surface area contributed by atoms with Gasteiger partial charge in [0.2, 0.25) is 5.91 Å². The summed E-state index contributed by atoms with van der Waals surface area (Å²) in [6.07, 6.45) is 3.54. The molecule has 0 spiro atoms. The number of nitrogens with zero attached hydrogens (tertiary/aromatic N) is 2. The minimum atomic E-state index is -0.551. The first-order chi connectivity index (χ1) is 10.3. The van der Waals surface area contributed by atoms with Gasteiger partial charge in [-0.05, 0) is 63.9 Å². The van der Waals surface area contributed by atoms with E-state index in [-0.39, 0.29) is 11.4 Å². The van der Waals surface area contributed by atoms with Gasteiger partial charge in [-0.15, -0.1) is 0 Å². The second-order valence-corrected chi connectivity index (χ2v) is 7.79. The van der Waals surface area contributed by atoms with Gasteiger partial charge in [0, 0.05) is 18.6 Å². The van der Waals surface area contributed by atoms with Crippen molar-refractivity contribution in [2.75, 3.05) is 26.7 Å². The lowest BCUT2D eigenvalue weighted by molar-refractivity contribution is -0.138. The number of halogens is 1. The summed E-state index contributed by atoms with van der Waals surface area (Å²) in [4.78, 5) is 17.6. The molecule has 1 aliphatic heterocycles. The number of likely N-dealkylation sites (N-methyl/N-ethyl adjacent to an activating group) is 1. The van der Waals surface area contributed by atoms with Crippen LogP contribution in [0.25, 0.3) is 0 Å². The third-order valence-electron chi connectivity index (χ3n) is 5.39. The Morgan fingerprint density at radius 1 is 1.36 bits per heavy atom. The van der Waals surface area contributed by atoms with Crippen molar-refractivity contribution in [3.05, 3.63) is 34.9 Å². The maximum Gasteiger partial charge on any atom is 0.232 e. The van der Waals surface area contributed by atoms with E-state index < -0.39 is 5.41 Å². The Labute approximate surface area is 138 Å². The van der Waals surface area contributed by atoms with Gasteiger partial charge in [0.1, 0.15) is 0 Å². The number of benzene rings is 1. The molecule has 1 amide bonds. The molecule has 1 saturated heterocycles. The Bertz CT molecular complexity index is 576. The van der Waals surface area contributed by atoms with E-state index in [1.54, 1.807) is 0 Å². The third kappa shape index (κ3) is 2.77. The van der Waals surface area contributed by atoms with Crippen LogP contribution < -0.4 is 0 Å². The van der Waals surface area contributed by atoms with Crippen LogP contribution >= 0.6 is 11.6 Å². The summed E-state index contributed by atoms with van der Waals surface area (Å²) in [5, 5.41) is 0.683. The second-order valence-electron chi connectivity index (χ2n) is 7.35. The minimum absolute atomic E-state index is 0.0628. The van der Waals surface area contributed by atoms with E-state index in [4.69, 9.17) is 11.6 Å². The minimum Gasteiger partial charge on any atom is -0.338 e. The molecule has 2 aliphatic rings. The Morgan fingerprint density at radius 2 is 2.05 bits per heavy atom. The third-order valence-corrected chi connectivity index (χ3v) is 5.63. The van der Waals surface area contributed by atoms with Crippen molar-refractivity contribution in [1.29, 1.82) is 0 Å². The lowest BCUT2D eigenvalue weighted by atomic mass is 9.82. The number of carbonyl (C=O) groups excluding carboxylic acids is 1. The number of rotatable bonds is 5. The van der Waals surface area contributed by atoms with Gasteiger partial charge in [-0.3, -0.25) is 4.79 Å². The van der Waals surface area contributed by atoms with Crippen LogP contribution in [-0.4, -0.2) is 47.9 Å². The first kappa shape index (κ1) is 15.8. The first-order valence-electron chi connectivity index (χ1n) is 8.12. The predicted octanol–water partition coefficient (Wildman–Crippen LogP) is 3.31. The van der Waals surface area contributed by atoms with Crippen molar-refractivity contribution < 1.29 is 4.79 Å². The fraction of sp³-hybridized carbons (Fsp3) is 0.611. The molecule has 0 atom stereocenters. The molecule has 4 heteroatoms. The monoisotopic (exact) mass is 320 g/mol. The zero-order chi connectivity index (χ0) is 16.0. The molecule has 0 aromatic heterocycles.